The van der Waals surface area contributed by atoms with Crippen molar-refractivity contribution in [1.82, 2.24) is 30.9 Å². The summed E-state index contributed by atoms with van der Waals surface area (Å²) in [6, 6.07) is 34.3. The fourth-order valence-corrected chi connectivity index (χ4v) is 8.25. The summed E-state index contributed by atoms with van der Waals surface area (Å²) in [6.45, 7) is 8.41. The maximum Gasteiger partial charge on any atom is 1.00 e. The average molecular weight is 1060 g/mol. The minimum atomic E-state index is -0.684. The van der Waals surface area contributed by atoms with E-state index in [0.29, 0.717) is 38.9 Å². The number of aromatic nitrogens is 3. The Morgan fingerprint density at radius 2 is 0.877 bits per heavy atom. The predicted molar refractivity (Wildman–Crippen MR) is 285 cm³/mol. The summed E-state index contributed by atoms with van der Waals surface area (Å²) in [5, 5.41) is 13.6. The molecule has 6 aromatic heterocycles. The first-order valence-electron chi connectivity index (χ1n) is 22.5. The average Bonchev–Trinajstić information content (AvgIpc) is 3.42. The molecule has 8 heterocycles. The van der Waals surface area contributed by atoms with E-state index in [2.05, 4.69) is 54.5 Å². The number of piperazine rings is 2. The number of thioether (sulfide) groups is 2. The molecule has 0 spiro atoms. The fourth-order valence-electron chi connectivity index (χ4n) is 7.44. The number of rotatable bonds is 6. The second-order valence-electron chi connectivity index (χ2n) is 15.6. The summed E-state index contributed by atoms with van der Waals surface area (Å²) in [5.41, 5.74) is 2.92. The van der Waals surface area contributed by atoms with Gasteiger partial charge >= 0.3 is 46.4 Å². The van der Waals surface area contributed by atoms with Crippen molar-refractivity contribution in [3.8, 4) is 33.8 Å². The molecular weight excluding hydrogens is 1010 g/mol. The zero-order valence-electron chi connectivity index (χ0n) is 40.4. The van der Waals surface area contributed by atoms with Crippen LogP contribution in [0.3, 0.4) is 0 Å². The fraction of sp³-hybridized carbons (Fsp3) is 0.208. The number of nitrogens with one attached hydrogen (secondary N) is 3. The molecule has 9 aromatic rings. The van der Waals surface area contributed by atoms with E-state index < -0.39 is 28.8 Å². The monoisotopic (exact) mass is 1060 g/mol. The molecule has 2 saturated heterocycles. The van der Waals surface area contributed by atoms with Gasteiger partial charge in [0.1, 0.15) is 28.4 Å². The standard InChI is InChI=1S/C19H19N3O2S.C15H10FNO2S.C14H7F2NO2.C4H10N2.CH4S.Na/c1-25-18-4-2-3-16(21-18)15-11-13-5-6-14(12-17(13)24-19(15)23)22-9-7-20-8-10-22;1-20-14-4-2-3-12(17-14)11-7-9-5-6-10(16)8-13(9)19-15(11)18;15-9-5-4-8-6-10(14(18)19-12(8)7-9)11-2-1-3-13(16)17-11;1-2-6-4-3-5-1;1-2;/h2-6,11-12,20H,7-10H2,1H3;2-8H,1H3;1-7H;5-6H,1-4H2;2H,1H3;/q;;;;;+1/p-1. The van der Waals surface area contributed by atoms with E-state index in [9.17, 15) is 27.6 Å². The van der Waals surface area contributed by atoms with E-state index >= 15 is 0 Å². The molecule has 20 heteroatoms. The van der Waals surface area contributed by atoms with Gasteiger partial charge in [-0.15, -0.1) is 23.5 Å². The number of halogens is 3. The Morgan fingerprint density at radius 3 is 1.29 bits per heavy atom. The Morgan fingerprint density at radius 1 is 0.493 bits per heavy atom. The summed E-state index contributed by atoms with van der Waals surface area (Å²) in [5.74, 6) is -1.61. The molecule has 0 aliphatic carbocycles. The van der Waals surface area contributed by atoms with Crippen molar-refractivity contribution in [3.05, 3.63) is 176 Å². The molecule has 372 valence electrons. The van der Waals surface area contributed by atoms with Crippen molar-refractivity contribution in [2.24, 2.45) is 0 Å². The molecule has 2 fully saturated rings. The maximum absolute atomic E-state index is 13.1. The number of hydrogen-bond acceptors (Lipinski definition) is 16. The van der Waals surface area contributed by atoms with Crippen LogP contribution in [0.5, 0.6) is 0 Å². The van der Waals surface area contributed by atoms with Crippen LogP contribution < -0.4 is 67.3 Å². The Bertz CT molecular complexity index is 3460. The summed E-state index contributed by atoms with van der Waals surface area (Å²) >= 11 is 7.13. The zero-order chi connectivity index (χ0) is 51.0. The second kappa shape index (κ2) is 28.1. The SMILES string of the molecule is C1CNCCN1.CSc1cccc(-c2cc3ccc(F)cc3oc2=O)n1.CSc1cccc(-c2cc3ccc(N4CCNCC4)cc3oc2=O)n1.C[S-].O=c1oc2cc(F)ccc2cc1-c1cccc(F)n1.[Na+]. The normalized spacial score (nSPS) is 12.9. The first kappa shape index (κ1) is 56.6. The number of fused-ring (bicyclic) bond motifs is 3. The number of nitrogens with zero attached hydrogens (tertiary/aromatic N) is 4. The third-order valence-electron chi connectivity index (χ3n) is 11.0. The van der Waals surface area contributed by atoms with Crippen molar-refractivity contribution < 1.29 is 56.0 Å². The van der Waals surface area contributed by atoms with Crippen LogP contribution in [-0.4, -0.2) is 86.1 Å². The molecule has 0 radical (unpaired) electrons. The quantitative estimate of drug-likeness (QED) is 0.0567. The van der Waals surface area contributed by atoms with Crippen molar-refractivity contribution in [2.45, 2.75) is 10.1 Å². The van der Waals surface area contributed by atoms with E-state index in [-0.39, 0.29) is 57.6 Å². The van der Waals surface area contributed by atoms with Crippen LogP contribution in [0.2, 0.25) is 0 Å². The van der Waals surface area contributed by atoms with Crippen molar-refractivity contribution in [1.29, 1.82) is 0 Å². The number of pyridine rings is 3. The van der Waals surface area contributed by atoms with Gasteiger partial charge in [-0.2, -0.15) is 10.6 Å². The number of benzene rings is 3. The summed E-state index contributed by atoms with van der Waals surface area (Å²) in [7, 11) is 0. The van der Waals surface area contributed by atoms with Gasteiger partial charge in [0.15, 0.2) is 0 Å². The maximum atomic E-state index is 13.1. The van der Waals surface area contributed by atoms with Crippen LogP contribution in [0.25, 0.3) is 66.7 Å². The van der Waals surface area contributed by atoms with Crippen LogP contribution in [-0.2, 0) is 12.6 Å². The Balaban J connectivity index is 0.000000166. The molecule has 0 bridgehead atoms. The van der Waals surface area contributed by atoms with Crippen molar-refractivity contribution in [3.63, 3.8) is 0 Å². The topological polar surface area (TPSA) is 169 Å². The molecule has 3 aromatic carbocycles. The molecule has 11 rings (SSSR count). The molecule has 2 aliphatic rings. The van der Waals surface area contributed by atoms with E-state index in [1.54, 1.807) is 36.2 Å². The van der Waals surface area contributed by atoms with Crippen LogP contribution in [0, 0.1) is 17.6 Å². The zero-order valence-corrected chi connectivity index (χ0v) is 44.8. The number of hydrogen-bond donors (Lipinski definition) is 3. The minimum absolute atomic E-state index is 0. The van der Waals surface area contributed by atoms with Crippen LogP contribution >= 0.6 is 23.5 Å². The smallest absolute Gasteiger partial charge is 0.796 e. The van der Waals surface area contributed by atoms with Gasteiger partial charge in [0.2, 0.25) is 5.95 Å². The molecule has 0 amide bonds. The summed E-state index contributed by atoms with van der Waals surface area (Å²) in [4.78, 5) is 51.1. The van der Waals surface area contributed by atoms with Gasteiger partial charge in [-0.3, -0.25) is 0 Å². The molecule has 2 aliphatic heterocycles. The Hall–Kier alpha value is -5.74. The summed E-state index contributed by atoms with van der Waals surface area (Å²) < 4.78 is 55.0. The van der Waals surface area contributed by atoms with E-state index in [1.165, 1.54) is 60.3 Å². The predicted octanol–water partition coefficient (Wildman–Crippen LogP) is 6.18. The van der Waals surface area contributed by atoms with E-state index in [1.807, 2.05) is 61.0 Å². The molecule has 0 saturated carbocycles. The van der Waals surface area contributed by atoms with E-state index in [0.717, 1.165) is 79.5 Å². The minimum Gasteiger partial charge on any atom is -0.796 e. The van der Waals surface area contributed by atoms with Crippen LogP contribution in [0.1, 0.15) is 0 Å². The molecule has 0 unspecified atom stereocenters. The third kappa shape index (κ3) is 15.4. The van der Waals surface area contributed by atoms with Crippen molar-refractivity contribution in [2.75, 3.05) is 76.0 Å². The molecule has 0 atom stereocenters. The second-order valence-corrected chi connectivity index (χ2v) is 17.3. The largest absolute Gasteiger partial charge is 1.00 e. The first-order valence-corrected chi connectivity index (χ1v) is 25.8. The van der Waals surface area contributed by atoms with Crippen LogP contribution in [0.15, 0.2) is 165 Å². The van der Waals surface area contributed by atoms with Gasteiger partial charge in [-0.05, 0) is 104 Å². The van der Waals surface area contributed by atoms with Crippen LogP contribution in [0.4, 0.5) is 18.9 Å². The molecule has 13 nitrogen and oxygen atoms in total. The Labute approximate surface area is 454 Å². The van der Waals surface area contributed by atoms with Gasteiger partial charge in [-0.1, -0.05) is 18.2 Å². The van der Waals surface area contributed by atoms with E-state index in [4.69, 9.17) is 13.3 Å². The number of anilines is 1. The van der Waals surface area contributed by atoms with Crippen molar-refractivity contribution >= 4 is 74.7 Å². The molecule has 73 heavy (non-hydrogen) atoms. The Kier molecular flexibility index (Phi) is 21.7. The van der Waals surface area contributed by atoms with Gasteiger partial charge < -0.3 is 46.7 Å². The van der Waals surface area contributed by atoms with Gasteiger partial charge in [0, 0.05) is 92.4 Å². The summed E-state index contributed by atoms with van der Waals surface area (Å²) in [6.07, 6.45) is 5.46. The molecule has 3 N–H and O–H groups in total. The van der Waals surface area contributed by atoms with Gasteiger partial charge in [-0.25, -0.2) is 38.1 Å². The third-order valence-corrected chi connectivity index (χ3v) is 12.3. The molecular formula is C53H49F3N7NaO6S3. The first-order chi connectivity index (χ1) is 35.0. The van der Waals surface area contributed by atoms with Gasteiger partial charge in [0.05, 0.1) is 43.8 Å². The van der Waals surface area contributed by atoms with Gasteiger partial charge in [0.25, 0.3) is 0 Å².